The van der Waals surface area contributed by atoms with Crippen molar-refractivity contribution in [2.45, 2.75) is 0 Å². The van der Waals surface area contributed by atoms with Crippen LogP contribution in [0.4, 0.5) is 5.82 Å². The minimum atomic E-state index is -0.265. The predicted octanol–water partition coefficient (Wildman–Crippen LogP) is -0.610. The van der Waals surface area contributed by atoms with E-state index in [2.05, 4.69) is 15.5 Å². The van der Waals surface area contributed by atoms with Gasteiger partial charge in [-0.15, -0.1) is 5.10 Å². The Morgan fingerprint density at radius 1 is 1.64 bits per heavy atom. The molecule has 1 heterocycles. The number of rotatable bonds is 5. The number of carbonyl (C=O) groups excluding carboxylic acids is 1. The van der Waals surface area contributed by atoms with Gasteiger partial charge in [0.25, 0.3) is 5.91 Å². The lowest BCUT2D eigenvalue weighted by Gasteiger charge is -2.03. The Morgan fingerprint density at radius 3 is 3.14 bits per heavy atom. The zero-order valence-electron chi connectivity index (χ0n) is 7.64. The molecule has 1 rings (SSSR count). The largest absolute Gasteiger partial charge is 0.370 e. The molecule has 1 aromatic rings. The molecule has 0 aliphatic heterocycles. The summed E-state index contributed by atoms with van der Waals surface area (Å²) in [6.07, 6.45) is 1.53. The van der Waals surface area contributed by atoms with Gasteiger partial charge in [-0.05, 0) is 12.1 Å². The van der Waals surface area contributed by atoms with Gasteiger partial charge in [0.2, 0.25) is 0 Å². The van der Waals surface area contributed by atoms with Crippen molar-refractivity contribution in [3.63, 3.8) is 0 Å². The highest BCUT2D eigenvalue weighted by Crippen LogP contribution is 1.96. The van der Waals surface area contributed by atoms with E-state index in [0.29, 0.717) is 19.0 Å². The van der Waals surface area contributed by atoms with Crippen LogP contribution in [0.3, 0.4) is 0 Å². The highest BCUT2D eigenvalue weighted by molar-refractivity contribution is 5.90. The number of nitrogens with two attached hydrogens (primary N) is 1. The maximum atomic E-state index is 11.1. The molecule has 0 aromatic carbocycles. The maximum Gasteiger partial charge on any atom is 0.251 e. The van der Waals surface area contributed by atoms with Crippen molar-refractivity contribution in [2.75, 3.05) is 25.1 Å². The molecule has 76 valence electrons. The molecule has 0 saturated carbocycles. The second kappa shape index (κ2) is 6.01. The molecule has 0 unspecified atom stereocenters. The van der Waals surface area contributed by atoms with Gasteiger partial charge >= 0.3 is 0 Å². The lowest BCUT2D eigenvalue weighted by molar-refractivity contribution is -0.120. The molecule has 0 fully saturated rings. The van der Waals surface area contributed by atoms with Crippen LogP contribution in [0.2, 0.25) is 0 Å². The van der Waals surface area contributed by atoms with E-state index >= 15 is 0 Å². The van der Waals surface area contributed by atoms with Crippen LogP contribution in [0, 0.1) is 0 Å². The van der Waals surface area contributed by atoms with Crippen LogP contribution >= 0.6 is 0 Å². The fourth-order valence-electron chi connectivity index (χ4n) is 0.795. The zero-order chi connectivity index (χ0) is 10.2. The van der Waals surface area contributed by atoms with Crippen LogP contribution in [-0.2, 0) is 9.53 Å². The summed E-state index contributed by atoms with van der Waals surface area (Å²) in [6.45, 7) is 0.750. The van der Waals surface area contributed by atoms with E-state index < -0.39 is 0 Å². The van der Waals surface area contributed by atoms with Gasteiger partial charge < -0.3 is 15.8 Å². The van der Waals surface area contributed by atoms with E-state index in [1.807, 2.05) is 0 Å². The molecule has 1 aromatic heterocycles. The fourth-order valence-corrected chi connectivity index (χ4v) is 0.795. The standard InChI is InChI=1S/C8H12N4O2/c9-3-5-14-6-8(13)11-7-2-1-4-10-12-7/h1-2,4H,3,5-6,9H2,(H,11,12,13). The lowest BCUT2D eigenvalue weighted by Crippen LogP contribution is -2.21. The van der Waals surface area contributed by atoms with Crippen molar-refractivity contribution in [3.05, 3.63) is 18.3 Å². The first kappa shape index (κ1) is 10.6. The molecule has 0 aliphatic carbocycles. The van der Waals surface area contributed by atoms with Gasteiger partial charge in [0, 0.05) is 12.7 Å². The number of aromatic nitrogens is 2. The second-order valence-electron chi connectivity index (χ2n) is 2.50. The Bertz CT molecular complexity index is 278. The maximum absolute atomic E-state index is 11.1. The molecule has 3 N–H and O–H groups in total. The summed E-state index contributed by atoms with van der Waals surface area (Å²) in [5, 5.41) is 9.82. The molecule has 1 amide bonds. The quantitative estimate of drug-likeness (QED) is 0.613. The van der Waals surface area contributed by atoms with Crippen molar-refractivity contribution in [1.82, 2.24) is 10.2 Å². The summed E-state index contributed by atoms with van der Waals surface area (Å²) in [6, 6.07) is 3.33. The van der Waals surface area contributed by atoms with Gasteiger partial charge in [-0.25, -0.2) is 0 Å². The van der Waals surface area contributed by atoms with E-state index in [9.17, 15) is 4.79 Å². The fraction of sp³-hybridized carbons (Fsp3) is 0.375. The normalized spacial score (nSPS) is 9.79. The number of carbonyl (C=O) groups is 1. The van der Waals surface area contributed by atoms with Crippen LogP contribution in [0.1, 0.15) is 0 Å². The summed E-state index contributed by atoms with van der Waals surface area (Å²) in [4.78, 5) is 11.1. The molecule has 0 saturated heterocycles. The van der Waals surface area contributed by atoms with Gasteiger partial charge in [-0.3, -0.25) is 4.79 Å². The Labute approximate surface area is 81.5 Å². The summed E-state index contributed by atoms with van der Waals surface area (Å²) < 4.78 is 4.93. The number of nitrogens with zero attached hydrogens (tertiary/aromatic N) is 2. The highest BCUT2D eigenvalue weighted by atomic mass is 16.5. The molecular weight excluding hydrogens is 184 g/mol. The van der Waals surface area contributed by atoms with Crippen molar-refractivity contribution in [2.24, 2.45) is 5.73 Å². The van der Waals surface area contributed by atoms with Crippen molar-refractivity contribution < 1.29 is 9.53 Å². The van der Waals surface area contributed by atoms with Crippen LogP contribution in [0.5, 0.6) is 0 Å². The SMILES string of the molecule is NCCOCC(=O)Nc1cccnn1. The molecule has 0 spiro atoms. The van der Waals surface area contributed by atoms with E-state index in [1.54, 1.807) is 12.1 Å². The Kier molecular flexibility index (Phi) is 4.53. The summed E-state index contributed by atoms with van der Waals surface area (Å²) in [5.41, 5.74) is 5.19. The molecule has 0 aliphatic rings. The zero-order valence-corrected chi connectivity index (χ0v) is 7.64. The first-order chi connectivity index (χ1) is 6.83. The van der Waals surface area contributed by atoms with Crippen LogP contribution in [0.15, 0.2) is 18.3 Å². The third-order valence-electron chi connectivity index (χ3n) is 1.34. The average Bonchev–Trinajstić information content (AvgIpc) is 2.20. The summed E-state index contributed by atoms with van der Waals surface area (Å²) in [5.74, 6) is 0.146. The molecule has 0 atom stereocenters. The molecule has 0 radical (unpaired) electrons. The van der Waals surface area contributed by atoms with Gasteiger partial charge in [0.1, 0.15) is 6.61 Å². The first-order valence-corrected chi connectivity index (χ1v) is 4.18. The van der Waals surface area contributed by atoms with Crippen molar-refractivity contribution in [3.8, 4) is 0 Å². The van der Waals surface area contributed by atoms with Gasteiger partial charge in [0.15, 0.2) is 5.82 Å². The lowest BCUT2D eigenvalue weighted by atomic mass is 10.5. The third kappa shape index (κ3) is 3.92. The van der Waals surface area contributed by atoms with Crippen LogP contribution in [-0.4, -0.2) is 35.9 Å². The number of anilines is 1. The van der Waals surface area contributed by atoms with Gasteiger partial charge in [0.05, 0.1) is 6.61 Å². The average molecular weight is 196 g/mol. The predicted molar refractivity (Wildman–Crippen MR) is 50.5 cm³/mol. The number of hydrogen-bond donors (Lipinski definition) is 2. The van der Waals surface area contributed by atoms with Crippen LogP contribution < -0.4 is 11.1 Å². The monoisotopic (exact) mass is 196 g/mol. The molecule has 14 heavy (non-hydrogen) atoms. The molecular formula is C8H12N4O2. The topological polar surface area (TPSA) is 90.1 Å². The Hall–Kier alpha value is -1.53. The Balaban J connectivity index is 2.27. The van der Waals surface area contributed by atoms with E-state index in [1.165, 1.54) is 6.20 Å². The highest BCUT2D eigenvalue weighted by Gasteiger charge is 2.02. The van der Waals surface area contributed by atoms with Crippen LogP contribution in [0.25, 0.3) is 0 Å². The number of amides is 1. The van der Waals surface area contributed by atoms with E-state index in [0.717, 1.165) is 0 Å². The van der Waals surface area contributed by atoms with Crippen molar-refractivity contribution in [1.29, 1.82) is 0 Å². The summed E-state index contributed by atoms with van der Waals surface area (Å²) in [7, 11) is 0. The minimum absolute atomic E-state index is 0.0201. The van der Waals surface area contributed by atoms with Gasteiger partial charge in [-0.2, -0.15) is 5.10 Å². The number of ether oxygens (including phenoxy) is 1. The number of hydrogen-bond acceptors (Lipinski definition) is 5. The number of nitrogens with one attached hydrogen (secondary N) is 1. The second-order valence-corrected chi connectivity index (χ2v) is 2.50. The molecule has 6 nitrogen and oxygen atoms in total. The van der Waals surface area contributed by atoms with Crippen molar-refractivity contribution >= 4 is 11.7 Å². The Morgan fingerprint density at radius 2 is 2.50 bits per heavy atom. The van der Waals surface area contributed by atoms with E-state index in [-0.39, 0.29) is 12.5 Å². The first-order valence-electron chi connectivity index (χ1n) is 4.18. The van der Waals surface area contributed by atoms with E-state index in [4.69, 9.17) is 10.5 Å². The summed E-state index contributed by atoms with van der Waals surface area (Å²) >= 11 is 0. The third-order valence-corrected chi connectivity index (χ3v) is 1.34. The molecule has 6 heteroatoms. The van der Waals surface area contributed by atoms with Gasteiger partial charge in [-0.1, -0.05) is 0 Å². The minimum Gasteiger partial charge on any atom is -0.370 e. The smallest absolute Gasteiger partial charge is 0.251 e. The molecule has 0 bridgehead atoms.